The number of allylic oxidation sites excluding steroid dienone is 1. The van der Waals surface area contributed by atoms with Crippen LogP contribution in [-0.2, 0) is 17.8 Å². The van der Waals surface area contributed by atoms with Gasteiger partial charge in [0.25, 0.3) is 5.91 Å². The lowest BCUT2D eigenvalue weighted by Crippen LogP contribution is -2.67. The van der Waals surface area contributed by atoms with Crippen LogP contribution in [-0.4, -0.2) is 40.6 Å². The maximum atomic E-state index is 15.0. The number of nitrogens with one attached hydrogen (secondary N) is 2. The molecule has 0 aromatic heterocycles. The van der Waals surface area contributed by atoms with Gasteiger partial charge < -0.3 is 20.8 Å². The van der Waals surface area contributed by atoms with E-state index in [-0.39, 0.29) is 63.8 Å². The van der Waals surface area contributed by atoms with Crippen molar-refractivity contribution in [3.05, 3.63) is 82.7 Å². The number of aliphatic hydroxyl groups is 1. The van der Waals surface area contributed by atoms with Gasteiger partial charge in [-0.1, -0.05) is 65.0 Å². The molecule has 2 aromatic rings. The molecule has 0 radical (unpaired) electrons. The molecule has 0 spiro atoms. The molecule has 7 nitrogen and oxygen atoms in total. The van der Waals surface area contributed by atoms with Crippen molar-refractivity contribution in [3.8, 4) is 0 Å². The summed E-state index contributed by atoms with van der Waals surface area (Å²) in [5.74, 6) is -0.118. The molecule has 4 N–H and O–H groups in total. The molecule has 10 atom stereocenters. The van der Waals surface area contributed by atoms with Crippen LogP contribution in [0.2, 0.25) is 0 Å². The van der Waals surface area contributed by atoms with E-state index in [1.165, 1.54) is 36.6 Å². The van der Waals surface area contributed by atoms with Gasteiger partial charge in [-0.25, -0.2) is 9.18 Å². The minimum Gasteiger partial charge on any atom is -0.478 e. The van der Waals surface area contributed by atoms with Crippen molar-refractivity contribution in [1.82, 2.24) is 10.6 Å². The van der Waals surface area contributed by atoms with Gasteiger partial charge in [0.05, 0.1) is 22.6 Å². The van der Waals surface area contributed by atoms with Crippen molar-refractivity contribution in [2.45, 2.75) is 125 Å². The first-order valence-corrected chi connectivity index (χ1v) is 20.9. The molecule has 5 saturated carbocycles. The largest absolute Gasteiger partial charge is 0.478 e. The van der Waals surface area contributed by atoms with E-state index in [1.807, 2.05) is 0 Å². The van der Waals surface area contributed by atoms with E-state index in [2.05, 4.69) is 58.8 Å². The lowest BCUT2D eigenvalue weighted by molar-refractivity contribution is -0.246. The Labute approximate surface area is 327 Å². The van der Waals surface area contributed by atoms with Gasteiger partial charge in [0.15, 0.2) is 0 Å². The molecule has 5 aliphatic rings. The SMILES string of the molecule is C=C(C)C1CCC2(C(=O)NCc3ccc(F)c(C(=O)NCCc4cccc(C(=O)O)c4)c3)CC[C@]3(C)C(CCC4[C@@]5(C)CC[C@H](O)C(C)(C)C5CC[C@]43C)C12. The third-order valence-electron chi connectivity index (χ3n) is 17.1. The fourth-order valence-corrected chi connectivity index (χ4v) is 14.0. The number of aromatic carboxylic acids is 1. The van der Waals surface area contributed by atoms with E-state index in [1.54, 1.807) is 24.3 Å². The van der Waals surface area contributed by atoms with Crippen molar-refractivity contribution in [2.24, 2.45) is 56.7 Å². The number of carbonyl (C=O) groups excluding carboxylic acids is 2. The first-order chi connectivity index (χ1) is 25.9. The Bertz CT molecular complexity index is 1870. The summed E-state index contributed by atoms with van der Waals surface area (Å²) in [5.41, 5.74) is 2.55. The number of fused-ring (bicyclic) bond motifs is 7. The van der Waals surface area contributed by atoms with Crippen LogP contribution < -0.4 is 10.6 Å². The molecule has 5 fully saturated rings. The number of amides is 2. The van der Waals surface area contributed by atoms with Gasteiger partial charge in [-0.15, -0.1) is 0 Å². The van der Waals surface area contributed by atoms with E-state index in [9.17, 15) is 29.0 Å². The highest BCUT2D eigenvalue weighted by Gasteiger charge is 2.71. The summed E-state index contributed by atoms with van der Waals surface area (Å²) in [5, 5.41) is 26.4. The van der Waals surface area contributed by atoms with Crippen LogP contribution in [0, 0.1) is 62.5 Å². The molecular formula is C47H63FN2O5. The molecule has 6 unspecified atom stereocenters. The summed E-state index contributed by atoms with van der Waals surface area (Å²) < 4.78 is 15.0. The van der Waals surface area contributed by atoms with Gasteiger partial charge in [0.2, 0.25) is 5.91 Å². The number of rotatable bonds is 9. The molecule has 7 rings (SSSR count). The number of carboxylic acids is 1. The van der Waals surface area contributed by atoms with Crippen LogP contribution in [0.15, 0.2) is 54.6 Å². The molecule has 0 bridgehead atoms. The average molecular weight is 755 g/mol. The fourth-order valence-electron chi connectivity index (χ4n) is 14.0. The molecule has 2 aromatic carbocycles. The quantitative estimate of drug-likeness (QED) is 0.191. The number of carbonyl (C=O) groups is 3. The number of aliphatic hydroxyl groups excluding tert-OH is 1. The second kappa shape index (κ2) is 14.1. The van der Waals surface area contributed by atoms with Crippen molar-refractivity contribution >= 4 is 17.8 Å². The summed E-state index contributed by atoms with van der Waals surface area (Å²) in [6.07, 6.45) is 10.4. The summed E-state index contributed by atoms with van der Waals surface area (Å²) in [6.45, 7) is 19.4. The highest BCUT2D eigenvalue weighted by atomic mass is 19.1. The number of hydrogen-bond donors (Lipinski definition) is 4. The third kappa shape index (κ3) is 6.28. The molecule has 8 heteroatoms. The van der Waals surface area contributed by atoms with E-state index >= 15 is 0 Å². The molecule has 0 saturated heterocycles. The van der Waals surface area contributed by atoms with Gasteiger partial charge >= 0.3 is 5.97 Å². The monoisotopic (exact) mass is 754 g/mol. The van der Waals surface area contributed by atoms with Gasteiger partial charge in [0, 0.05) is 13.1 Å². The Balaban J connectivity index is 1.07. The summed E-state index contributed by atoms with van der Waals surface area (Å²) in [4.78, 5) is 39.1. The zero-order valence-corrected chi connectivity index (χ0v) is 33.9. The predicted molar refractivity (Wildman–Crippen MR) is 213 cm³/mol. The number of carboxylic acid groups (broad SMARTS) is 1. The second-order valence-corrected chi connectivity index (χ2v) is 19.7. The Kier molecular flexibility index (Phi) is 10.2. The van der Waals surface area contributed by atoms with Crippen LogP contribution in [0.25, 0.3) is 0 Å². The van der Waals surface area contributed by atoms with Gasteiger partial charge in [-0.2, -0.15) is 0 Å². The second-order valence-electron chi connectivity index (χ2n) is 19.7. The average Bonchev–Trinajstić information content (AvgIpc) is 3.55. The minimum atomic E-state index is -1.02. The van der Waals surface area contributed by atoms with Crippen LogP contribution >= 0.6 is 0 Å². The normalized spacial score (nSPS) is 37.4. The molecule has 298 valence electrons. The number of benzene rings is 2. The summed E-state index contributed by atoms with van der Waals surface area (Å²) in [7, 11) is 0. The Hall–Kier alpha value is -3.52. The van der Waals surface area contributed by atoms with Gasteiger partial charge in [0.1, 0.15) is 5.82 Å². The van der Waals surface area contributed by atoms with Crippen LogP contribution in [0.1, 0.15) is 138 Å². The topological polar surface area (TPSA) is 116 Å². The molecule has 0 aliphatic heterocycles. The molecular weight excluding hydrogens is 692 g/mol. The van der Waals surface area contributed by atoms with Crippen molar-refractivity contribution in [3.63, 3.8) is 0 Å². The van der Waals surface area contributed by atoms with Crippen molar-refractivity contribution < 1.29 is 29.0 Å². The van der Waals surface area contributed by atoms with E-state index < -0.39 is 23.1 Å². The first-order valence-electron chi connectivity index (χ1n) is 20.9. The zero-order valence-electron chi connectivity index (χ0n) is 33.9. The molecule has 2 amide bonds. The van der Waals surface area contributed by atoms with E-state index in [0.717, 1.165) is 56.9 Å². The Morgan fingerprint density at radius 1 is 0.836 bits per heavy atom. The summed E-state index contributed by atoms with van der Waals surface area (Å²) >= 11 is 0. The predicted octanol–water partition coefficient (Wildman–Crippen LogP) is 9.13. The molecule has 55 heavy (non-hydrogen) atoms. The molecule has 5 aliphatic carbocycles. The van der Waals surface area contributed by atoms with Crippen LogP contribution in [0.3, 0.4) is 0 Å². The van der Waals surface area contributed by atoms with Crippen molar-refractivity contribution in [1.29, 1.82) is 0 Å². The third-order valence-corrected chi connectivity index (χ3v) is 17.1. The van der Waals surface area contributed by atoms with Crippen LogP contribution in [0.5, 0.6) is 0 Å². The summed E-state index contributed by atoms with van der Waals surface area (Å²) in [6, 6.07) is 11.0. The maximum absolute atomic E-state index is 15.0. The lowest BCUT2D eigenvalue weighted by atomic mass is 9.32. The smallest absolute Gasteiger partial charge is 0.335 e. The Morgan fingerprint density at radius 2 is 1.60 bits per heavy atom. The van der Waals surface area contributed by atoms with E-state index in [0.29, 0.717) is 35.7 Å². The highest BCUT2D eigenvalue weighted by Crippen LogP contribution is 2.77. The van der Waals surface area contributed by atoms with Crippen LogP contribution in [0.4, 0.5) is 4.39 Å². The van der Waals surface area contributed by atoms with E-state index in [4.69, 9.17) is 0 Å². The molecule has 0 heterocycles. The standard InChI is InChI=1S/C47H63FN2O5/c1-28(2)32-15-21-47(42(55)50-27-30-11-13-35(48)33(26-30)40(52)49-24-18-29-9-8-10-31(25-29)41(53)54)23-22-45(6)34(39(32)47)12-14-37-44(5)19-17-38(51)43(3,4)36(44)16-20-46(37,45)7/h8-11,13,25-26,32,34,36-39,51H,1,12,14-24,27H2,2-7H3,(H,49,52)(H,50,55)(H,53,54)/t32?,34?,36?,37?,38-,39?,44-,45+,46+,47?/m0/s1. The number of halogens is 1. The fraction of sp³-hybridized carbons (Fsp3) is 0.638. The number of hydrogen-bond acceptors (Lipinski definition) is 4. The maximum Gasteiger partial charge on any atom is 0.335 e. The van der Waals surface area contributed by atoms with Crippen molar-refractivity contribution in [2.75, 3.05) is 6.54 Å². The zero-order chi connectivity index (χ0) is 39.7. The van der Waals surface area contributed by atoms with Gasteiger partial charge in [-0.3, -0.25) is 9.59 Å². The Morgan fingerprint density at radius 3 is 2.33 bits per heavy atom. The minimum absolute atomic E-state index is 0.0770. The lowest BCUT2D eigenvalue weighted by Gasteiger charge is -2.72. The first kappa shape index (κ1) is 39.7. The van der Waals surface area contributed by atoms with Gasteiger partial charge in [-0.05, 0) is 164 Å². The highest BCUT2D eigenvalue weighted by molar-refractivity contribution is 5.94.